The van der Waals surface area contributed by atoms with Crippen LogP contribution in [0, 0.1) is 0 Å². The van der Waals surface area contributed by atoms with Crippen molar-refractivity contribution in [1.29, 1.82) is 0 Å². The van der Waals surface area contributed by atoms with Crippen LogP contribution >= 0.6 is 0 Å². The van der Waals surface area contributed by atoms with E-state index in [4.69, 9.17) is 9.97 Å². The van der Waals surface area contributed by atoms with Gasteiger partial charge >= 0.3 is 0 Å². The molecule has 1 atom stereocenters. The van der Waals surface area contributed by atoms with E-state index in [1.807, 2.05) is 73.9 Å². The van der Waals surface area contributed by atoms with Gasteiger partial charge in [0.15, 0.2) is 6.17 Å². The standard InChI is InChI=1S/C57H40FN5/c1-61-50-34-16-13-31-47(50)60-55(61)40-21-17-19-38(35-40)54(58)39-20-18-28-44(36-39)63-48-32-14-11-29-45(48)52-53-51(37-59-56(52)63)62(43-26-9-4-10-27-43)49-33-15-12-30-46(49)57(53,41-22-5-2-6-23-41)42-24-7-3-8-25-42/h2-37,54H,1H3. The van der Waals surface area contributed by atoms with E-state index in [2.05, 4.69) is 166 Å². The molecule has 0 saturated heterocycles. The number of rotatable bonds is 7. The van der Waals surface area contributed by atoms with Gasteiger partial charge in [0.25, 0.3) is 0 Å². The molecule has 8 aromatic carbocycles. The van der Waals surface area contributed by atoms with Crippen LogP contribution in [0.5, 0.6) is 0 Å². The van der Waals surface area contributed by atoms with Crippen LogP contribution in [-0.2, 0) is 12.5 Å². The molecule has 1 aliphatic heterocycles. The highest BCUT2D eigenvalue weighted by Crippen LogP contribution is 2.60. The third-order valence-electron chi connectivity index (χ3n) is 12.9. The number of pyridine rings is 1. The van der Waals surface area contributed by atoms with Crippen molar-refractivity contribution in [3.05, 3.63) is 252 Å². The number of nitrogens with zero attached hydrogens (tertiary/aromatic N) is 5. The van der Waals surface area contributed by atoms with Crippen LogP contribution in [0.15, 0.2) is 219 Å². The van der Waals surface area contributed by atoms with Crippen molar-refractivity contribution in [3.8, 4) is 17.1 Å². The molecule has 300 valence electrons. The molecular weight excluding hydrogens is 774 g/mol. The van der Waals surface area contributed by atoms with Gasteiger partial charge in [0.1, 0.15) is 11.5 Å². The summed E-state index contributed by atoms with van der Waals surface area (Å²) in [7, 11) is 2.01. The first-order valence-corrected chi connectivity index (χ1v) is 21.4. The summed E-state index contributed by atoms with van der Waals surface area (Å²) in [5.74, 6) is 0.800. The Morgan fingerprint density at radius 3 is 1.89 bits per heavy atom. The van der Waals surface area contributed by atoms with E-state index in [1.54, 1.807) is 0 Å². The minimum Gasteiger partial charge on any atom is -0.327 e. The number of alkyl halides is 1. The van der Waals surface area contributed by atoms with Crippen LogP contribution in [0.25, 0.3) is 50.0 Å². The van der Waals surface area contributed by atoms with Gasteiger partial charge in [-0.2, -0.15) is 0 Å². The molecule has 12 rings (SSSR count). The zero-order valence-electron chi connectivity index (χ0n) is 34.5. The SMILES string of the molecule is Cn1c(-c2cccc(C(F)c3cccc(-n4c5ccccc5c5c6c(cnc54)N(c4ccccc4)c4ccccc4C6(c4ccccc4)c4ccccc4)c3)c2)nc2ccccc21. The topological polar surface area (TPSA) is 38.9 Å². The van der Waals surface area contributed by atoms with Crippen LogP contribution in [-0.4, -0.2) is 19.1 Å². The number of hydrogen-bond acceptors (Lipinski definition) is 3. The van der Waals surface area contributed by atoms with Gasteiger partial charge in [0.05, 0.1) is 39.5 Å². The van der Waals surface area contributed by atoms with Crippen molar-refractivity contribution in [1.82, 2.24) is 19.1 Å². The molecule has 0 bridgehead atoms. The summed E-state index contributed by atoms with van der Waals surface area (Å²) in [5, 5.41) is 2.11. The molecule has 0 spiro atoms. The Labute approximate surface area is 364 Å². The largest absolute Gasteiger partial charge is 0.327 e. The number of aromatic nitrogens is 4. The molecule has 0 fully saturated rings. The normalized spacial score (nSPS) is 13.6. The predicted octanol–water partition coefficient (Wildman–Crippen LogP) is 14.0. The number of benzene rings is 8. The van der Waals surface area contributed by atoms with Gasteiger partial charge in [-0.25, -0.2) is 14.4 Å². The van der Waals surface area contributed by atoms with E-state index in [0.29, 0.717) is 11.1 Å². The monoisotopic (exact) mass is 813 g/mol. The lowest BCUT2D eigenvalue weighted by atomic mass is 9.62. The second kappa shape index (κ2) is 14.5. The fourth-order valence-corrected chi connectivity index (χ4v) is 10.2. The highest BCUT2D eigenvalue weighted by Gasteiger charge is 2.48. The van der Waals surface area contributed by atoms with Gasteiger partial charge < -0.3 is 9.47 Å². The molecule has 0 radical (unpaired) electrons. The fourth-order valence-electron chi connectivity index (χ4n) is 10.2. The van der Waals surface area contributed by atoms with Crippen molar-refractivity contribution in [3.63, 3.8) is 0 Å². The minimum atomic E-state index is -1.38. The first-order valence-electron chi connectivity index (χ1n) is 21.4. The number of para-hydroxylation sites is 5. The molecule has 0 amide bonds. The third-order valence-corrected chi connectivity index (χ3v) is 12.9. The predicted molar refractivity (Wildman–Crippen MR) is 254 cm³/mol. The lowest BCUT2D eigenvalue weighted by molar-refractivity contribution is 0.402. The Bertz CT molecular complexity index is 3460. The summed E-state index contributed by atoms with van der Waals surface area (Å²) in [4.78, 5) is 12.7. The maximum absolute atomic E-state index is 17.1. The first kappa shape index (κ1) is 36.7. The third kappa shape index (κ3) is 5.54. The van der Waals surface area contributed by atoms with Crippen LogP contribution in [0.1, 0.15) is 39.6 Å². The van der Waals surface area contributed by atoms with Gasteiger partial charge in [-0.05, 0) is 82.4 Å². The van der Waals surface area contributed by atoms with Gasteiger partial charge in [-0.1, -0.05) is 158 Å². The number of fused-ring (bicyclic) bond motifs is 7. The smallest absolute Gasteiger partial charge is 0.150 e. The van der Waals surface area contributed by atoms with E-state index < -0.39 is 11.6 Å². The lowest BCUT2D eigenvalue weighted by Crippen LogP contribution is -2.38. The zero-order chi connectivity index (χ0) is 42.1. The summed E-state index contributed by atoms with van der Waals surface area (Å²) in [6, 6.07) is 73.3. The van der Waals surface area contributed by atoms with Crippen LogP contribution in [0.3, 0.4) is 0 Å². The van der Waals surface area contributed by atoms with Crippen LogP contribution < -0.4 is 4.90 Å². The first-order chi connectivity index (χ1) is 31.1. The highest BCUT2D eigenvalue weighted by molar-refractivity contribution is 6.13. The molecule has 11 aromatic rings. The van der Waals surface area contributed by atoms with Gasteiger partial charge in [0, 0.05) is 40.3 Å². The molecule has 5 nitrogen and oxygen atoms in total. The number of aryl methyl sites for hydroxylation is 1. The number of imidazole rings is 1. The number of anilines is 3. The van der Waals surface area contributed by atoms with Crippen molar-refractivity contribution >= 4 is 50.0 Å². The summed E-state index contributed by atoms with van der Waals surface area (Å²) >= 11 is 0. The van der Waals surface area contributed by atoms with E-state index in [0.717, 1.165) is 83.8 Å². The maximum Gasteiger partial charge on any atom is 0.150 e. The Balaban J connectivity index is 1.10. The van der Waals surface area contributed by atoms with Gasteiger partial charge in [0.2, 0.25) is 0 Å². The van der Waals surface area contributed by atoms with E-state index >= 15 is 4.39 Å². The average molecular weight is 814 g/mol. The van der Waals surface area contributed by atoms with Crippen molar-refractivity contribution in [2.45, 2.75) is 11.6 Å². The van der Waals surface area contributed by atoms with Crippen LogP contribution in [0.2, 0.25) is 0 Å². The Morgan fingerprint density at radius 2 is 1.14 bits per heavy atom. The van der Waals surface area contributed by atoms with E-state index in [-0.39, 0.29) is 0 Å². The van der Waals surface area contributed by atoms with Gasteiger partial charge in [-0.15, -0.1) is 0 Å². The molecule has 3 aromatic heterocycles. The quantitative estimate of drug-likeness (QED) is 0.161. The summed E-state index contributed by atoms with van der Waals surface area (Å²) in [5.41, 5.74) is 13.6. The Morgan fingerprint density at radius 1 is 0.540 bits per heavy atom. The molecular formula is C57H40FN5. The molecule has 63 heavy (non-hydrogen) atoms. The second-order valence-electron chi connectivity index (χ2n) is 16.3. The molecule has 1 aliphatic rings. The molecule has 0 saturated carbocycles. The molecule has 0 N–H and O–H groups in total. The van der Waals surface area contributed by atoms with Crippen molar-refractivity contribution in [2.24, 2.45) is 7.05 Å². The maximum atomic E-state index is 17.1. The lowest BCUT2D eigenvalue weighted by Gasteiger charge is -2.46. The van der Waals surface area contributed by atoms with Crippen molar-refractivity contribution < 1.29 is 4.39 Å². The summed E-state index contributed by atoms with van der Waals surface area (Å²) in [6.07, 6.45) is 0.665. The number of hydrogen-bond donors (Lipinski definition) is 0. The van der Waals surface area contributed by atoms with E-state index in [1.165, 1.54) is 5.56 Å². The molecule has 1 unspecified atom stereocenters. The Kier molecular flexibility index (Phi) is 8.47. The van der Waals surface area contributed by atoms with Crippen molar-refractivity contribution in [2.75, 3.05) is 4.90 Å². The highest BCUT2D eigenvalue weighted by atomic mass is 19.1. The molecule has 6 heteroatoms. The summed E-state index contributed by atoms with van der Waals surface area (Å²) < 4.78 is 21.4. The second-order valence-corrected chi connectivity index (χ2v) is 16.3. The van der Waals surface area contributed by atoms with E-state index in [9.17, 15) is 0 Å². The minimum absolute atomic E-state index is 0.561. The molecule has 4 heterocycles. The van der Waals surface area contributed by atoms with Crippen LogP contribution in [0.4, 0.5) is 21.5 Å². The van der Waals surface area contributed by atoms with Gasteiger partial charge in [-0.3, -0.25) is 4.57 Å². The Hall–Kier alpha value is -8.09. The average Bonchev–Trinajstić information content (AvgIpc) is 3.88. The zero-order valence-corrected chi connectivity index (χ0v) is 34.5. The molecule has 0 aliphatic carbocycles. The number of halogens is 1. The summed E-state index contributed by atoms with van der Waals surface area (Å²) in [6.45, 7) is 0. The fraction of sp³-hybridized carbons (Fsp3) is 0.0526.